The second-order valence-corrected chi connectivity index (χ2v) is 6.36. The third-order valence-corrected chi connectivity index (χ3v) is 4.79. The van der Waals surface area contributed by atoms with E-state index in [1.54, 1.807) is 36.0 Å². The van der Waals surface area contributed by atoms with Crippen LogP contribution in [0, 0.1) is 5.92 Å². The normalized spacial score (nSPS) is 20.1. The number of hydrogen-bond donors (Lipinski definition) is 1. The van der Waals surface area contributed by atoms with Crippen LogP contribution in [0.15, 0.2) is 30.5 Å². The number of hydrogen-bond acceptors (Lipinski definition) is 5. The molecule has 0 spiro atoms. The quantitative estimate of drug-likeness (QED) is 0.864. The maximum atomic E-state index is 12.9. The molecule has 0 aromatic carbocycles. The lowest BCUT2D eigenvalue weighted by Gasteiger charge is -2.38. The van der Waals surface area contributed by atoms with Gasteiger partial charge in [-0.25, -0.2) is 4.98 Å². The summed E-state index contributed by atoms with van der Waals surface area (Å²) in [5.74, 6) is 0.112. The van der Waals surface area contributed by atoms with Gasteiger partial charge in [-0.15, -0.1) is 0 Å². The predicted octanol–water partition coefficient (Wildman–Crippen LogP) is 1.05. The molecule has 138 valence electrons. The molecule has 1 N–H and O–H groups in total. The van der Waals surface area contributed by atoms with Gasteiger partial charge in [0.15, 0.2) is 0 Å². The molecule has 2 atom stereocenters. The van der Waals surface area contributed by atoms with E-state index in [9.17, 15) is 9.59 Å². The van der Waals surface area contributed by atoms with E-state index < -0.39 is 0 Å². The third-order valence-electron chi connectivity index (χ3n) is 4.79. The highest BCUT2D eigenvalue weighted by atomic mass is 16.5. The summed E-state index contributed by atoms with van der Waals surface area (Å²) in [5.41, 5.74) is 1.57. The third kappa shape index (κ3) is 3.54. The van der Waals surface area contributed by atoms with Gasteiger partial charge in [0.2, 0.25) is 17.7 Å². The number of carbonyl (C=O) groups excluding carboxylic acids is 2. The van der Waals surface area contributed by atoms with Crippen molar-refractivity contribution in [2.75, 3.05) is 14.2 Å². The Bertz CT molecular complexity index is 804. The molecule has 0 saturated carbocycles. The lowest BCUT2D eigenvalue weighted by atomic mass is 9.86. The number of aryl methyl sites for hydroxylation is 1. The maximum absolute atomic E-state index is 12.9. The summed E-state index contributed by atoms with van der Waals surface area (Å²) < 4.78 is 6.82. The Hall–Kier alpha value is -2.90. The molecule has 2 amide bonds. The standard InChI is InChI=1S/C18H23N5O3/c1-22-16(24)8-7-13(17(22)14-9-10-20-23(14)2)18(25)19-11-12-5-4-6-15(21-12)26-3/h4-6,9-10,13,17H,7-8,11H2,1-3H3,(H,19,25)/t13-,17-/m0/s1. The molecule has 1 saturated heterocycles. The van der Waals surface area contributed by atoms with E-state index >= 15 is 0 Å². The smallest absolute Gasteiger partial charge is 0.225 e. The monoisotopic (exact) mass is 357 g/mol. The van der Waals surface area contributed by atoms with Crippen LogP contribution in [0.3, 0.4) is 0 Å². The van der Waals surface area contributed by atoms with E-state index in [0.717, 1.165) is 11.4 Å². The van der Waals surface area contributed by atoms with Crippen LogP contribution >= 0.6 is 0 Å². The topological polar surface area (TPSA) is 89.4 Å². The van der Waals surface area contributed by atoms with Crippen molar-refractivity contribution >= 4 is 11.8 Å². The van der Waals surface area contributed by atoms with E-state index in [2.05, 4.69) is 15.4 Å². The molecule has 0 unspecified atom stereocenters. The highest BCUT2D eigenvalue weighted by Gasteiger charge is 2.40. The Morgan fingerprint density at radius 1 is 1.35 bits per heavy atom. The van der Waals surface area contributed by atoms with Crippen LogP contribution in [0.25, 0.3) is 0 Å². The summed E-state index contributed by atoms with van der Waals surface area (Å²) in [7, 11) is 5.11. The summed E-state index contributed by atoms with van der Waals surface area (Å²) in [6, 6.07) is 6.94. The molecule has 2 aromatic rings. The first kappa shape index (κ1) is 17.9. The summed E-state index contributed by atoms with van der Waals surface area (Å²) in [4.78, 5) is 31.0. The van der Waals surface area contributed by atoms with Crippen LogP contribution in [-0.2, 0) is 23.2 Å². The Kier molecular flexibility index (Phi) is 5.20. The second-order valence-electron chi connectivity index (χ2n) is 6.36. The number of rotatable bonds is 5. The predicted molar refractivity (Wildman–Crippen MR) is 94.1 cm³/mol. The molecule has 8 heteroatoms. The zero-order valence-corrected chi connectivity index (χ0v) is 15.2. The van der Waals surface area contributed by atoms with Crippen molar-refractivity contribution in [3.63, 3.8) is 0 Å². The summed E-state index contributed by atoms with van der Waals surface area (Å²) in [6.07, 6.45) is 2.55. The van der Waals surface area contributed by atoms with Crippen LogP contribution < -0.4 is 10.1 Å². The van der Waals surface area contributed by atoms with Crippen LogP contribution in [0.2, 0.25) is 0 Å². The Labute approximate surface area is 152 Å². The number of methoxy groups -OCH3 is 1. The number of nitrogens with one attached hydrogen (secondary N) is 1. The molecule has 1 aliphatic heterocycles. The highest BCUT2D eigenvalue weighted by Crippen LogP contribution is 2.35. The number of likely N-dealkylation sites (tertiary alicyclic amines) is 1. The van der Waals surface area contributed by atoms with Gasteiger partial charge in [-0.3, -0.25) is 14.3 Å². The summed E-state index contributed by atoms with van der Waals surface area (Å²) in [6.45, 7) is 0.308. The molecule has 1 aliphatic rings. The van der Waals surface area contributed by atoms with Gasteiger partial charge in [0.1, 0.15) is 0 Å². The molecule has 0 radical (unpaired) electrons. The summed E-state index contributed by atoms with van der Waals surface area (Å²) >= 11 is 0. The first-order valence-electron chi connectivity index (χ1n) is 8.52. The first-order valence-corrected chi connectivity index (χ1v) is 8.52. The number of nitrogens with zero attached hydrogens (tertiary/aromatic N) is 4. The van der Waals surface area contributed by atoms with Crippen molar-refractivity contribution in [1.29, 1.82) is 0 Å². The lowest BCUT2D eigenvalue weighted by molar-refractivity contribution is -0.142. The molecular weight excluding hydrogens is 334 g/mol. The fraction of sp³-hybridized carbons (Fsp3) is 0.444. The van der Waals surface area contributed by atoms with Gasteiger partial charge in [-0.1, -0.05) is 6.07 Å². The van der Waals surface area contributed by atoms with Crippen molar-refractivity contribution in [2.45, 2.75) is 25.4 Å². The zero-order chi connectivity index (χ0) is 18.7. The van der Waals surface area contributed by atoms with E-state index in [1.165, 1.54) is 0 Å². The number of aromatic nitrogens is 3. The average molecular weight is 357 g/mol. The molecule has 0 bridgehead atoms. The van der Waals surface area contributed by atoms with Gasteiger partial charge in [0.25, 0.3) is 0 Å². The SMILES string of the molecule is COc1cccc(CNC(=O)[C@H]2CCC(=O)N(C)[C@@H]2c2ccnn2C)n1. The molecule has 0 aliphatic carbocycles. The Balaban J connectivity index is 1.75. The molecule has 3 rings (SSSR count). The van der Waals surface area contributed by atoms with Crippen LogP contribution in [0.4, 0.5) is 0 Å². The van der Waals surface area contributed by atoms with Crippen LogP contribution in [-0.4, -0.2) is 45.6 Å². The lowest BCUT2D eigenvalue weighted by Crippen LogP contribution is -2.46. The minimum atomic E-state index is -0.335. The number of piperidine rings is 1. The minimum absolute atomic E-state index is 0.0368. The van der Waals surface area contributed by atoms with Crippen molar-refractivity contribution < 1.29 is 14.3 Å². The minimum Gasteiger partial charge on any atom is -0.481 e. The van der Waals surface area contributed by atoms with E-state index in [0.29, 0.717) is 25.3 Å². The van der Waals surface area contributed by atoms with Crippen molar-refractivity contribution in [3.05, 3.63) is 41.9 Å². The average Bonchev–Trinajstić information content (AvgIpc) is 3.07. The van der Waals surface area contributed by atoms with E-state index in [4.69, 9.17) is 4.74 Å². The fourth-order valence-electron chi connectivity index (χ4n) is 3.37. The fourth-order valence-corrected chi connectivity index (χ4v) is 3.37. The van der Waals surface area contributed by atoms with Crippen molar-refractivity contribution in [2.24, 2.45) is 13.0 Å². The molecule has 1 fully saturated rings. The van der Waals surface area contributed by atoms with Gasteiger partial charge >= 0.3 is 0 Å². The van der Waals surface area contributed by atoms with Gasteiger partial charge in [0, 0.05) is 32.8 Å². The highest BCUT2D eigenvalue weighted by molar-refractivity contribution is 5.84. The first-order chi connectivity index (χ1) is 12.5. The molecule has 3 heterocycles. The molecule has 8 nitrogen and oxygen atoms in total. The summed E-state index contributed by atoms with van der Waals surface area (Å²) in [5, 5.41) is 7.12. The zero-order valence-electron chi connectivity index (χ0n) is 15.2. The van der Waals surface area contributed by atoms with E-state index in [1.807, 2.05) is 25.2 Å². The largest absolute Gasteiger partial charge is 0.481 e. The van der Waals surface area contributed by atoms with Gasteiger partial charge in [-0.2, -0.15) is 5.10 Å². The maximum Gasteiger partial charge on any atom is 0.225 e. The molecule has 26 heavy (non-hydrogen) atoms. The van der Waals surface area contributed by atoms with Crippen molar-refractivity contribution in [3.8, 4) is 5.88 Å². The Morgan fingerprint density at radius 3 is 2.85 bits per heavy atom. The van der Waals surface area contributed by atoms with Crippen molar-refractivity contribution in [1.82, 2.24) is 25.0 Å². The van der Waals surface area contributed by atoms with Gasteiger partial charge in [-0.05, 0) is 18.6 Å². The number of amides is 2. The van der Waals surface area contributed by atoms with E-state index in [-0.39, 0.29) is 23.8 Å². The van der Waals surface area contributed by atoms with Gasteiger partial charge < -0.3 is 15.0 Å². The van der Waals surface area contributed by atoms with Crippen LogP contribution in [0.1, 0.15) is 30.3 Å². The molecule has 2 aromatic heterocycles. The van der Waals surface area contributed by atoms with Crippen LogP contribution in [0.5, 0.6) is 5.88 Å². The van der Waals surface area contributed by atoms with Gasteiger partial charge in [0.05, 0.1) is 37.0 Å². The number of ether oxygens (including phenoxy) is 1. The number of carbonyl (C=O) groups is 2. The second kappa shape index (κ2) is 7.55. The number of pyridine rings is 1. The Morgan fingerprint density at radius 2 is 2.15 bits per heavy atom. The molecular formula is C18H23N5O3.